The molecule has 0 spiro atoms. The number of carbonyl (C=O) groups is 1. The molecule has 71 heavy (non-hydrogen) atoms. The molecule has 17 unspecified atom stereocenters. The molecule has 0 aromatic rings. The number of carbonyl (C=O) groups excluding carboxylic acids is 1. The van der Waals surface area contributed by atoms with Crippen LogP contribution in [0.1, 0.15) is 117 Å². The normalized spacial score (nSPS) is 32.9. The number of unbranched alkanes of at least 4 members (excludes halogenated alkanes) is 9. The number of aliphatic hydroxyl groups excluding tert-OH is 11. The standard InChI is InChI=1S/C52H87NO18/c1-3-5-7-9-11-13-14-15-16-17-18-19-20-22-24-26-28-30-40(58)53-35(36(57)29-27-25-23-21-12-10-8-6-4-2)34-66-50-46(64)43(61)48(38(32-55)68-50)71-52-47(65)44(62)49(39(33-56)69-52)70-51-45(63)42(60)41(59)37(31-54)67-51/h4-7,11-13,15-16,21,27,29,35-39,41-52,54-57,59-65H,3,8-10,14,17-20,22-26,28,30-34H2,1-2H3,(H,53,58)/b6-4+,7-5-,13-11-,16-15-,21-12+,29-27+. The first kappa shape index (κ1) is 62.5. The first-order valence-corrected chi connectivity index (χ1v) is 25.7. The molecule has 3 aliphatic heterocycles. The van der Waals surface area contributed by atoms with E-state index >= 15 is 0 Å². The van der Waals surface area contributed by atoms with Crippen molar-refractivity contribution < 1.29 is 89.4 Å². The van der Waals surface area contributed by atoms with E-state index in [1.807, 2.05) is 13.0 Å². The molecule has 0 radical (unpaired) electrons. The van der Waals surface area contributed by atoms with Gasteiger partial charge in [0.25, 0.3) is 0 Å². The van der Waals surface area contributed by atoms with E-state index in [-0.39, 0.29) is 18.9 Å². The molecule has 19 nitrogen and oxygen atoms in total. The smallest absolute Gasteiger partial charge is 0.220 e. The second-order valence-corrected chi connectivity index (χ2v) is 18.2. The van der Waals surface area contributed by atoms with Gasteiger partial charge in [-0.15, -0.1) is 0 Å². The van der Waals surface area contributed by atoms with Crippen molar-refractivity contribution in [1.29, 1.82) is 0 Å². The quantitative estimate of drug-likeness (QED) is 0.0324. The van der Waals surface area contributed by atoms with Crippen LogP contribution in [0.15, 0.2) is 72.9 Å². The number of hydrogen-bond donors (Lipinski definition) is 12. The number of amides is 1. The van der Waals surface area contributed by atoms with E-state index in [1.54, 1.807) is 12.2 Å². The highest BCUT2D eigenvalue weighted by atomic mass is 16.8. The van der Waals surface area contributed by atoms with Crippen LogP contribution in [0.3, 0.4) is 0 Å². The van der Waals surface area contributed by atoms with Gasteiger partial charge in [-0.3, -0.25) is 4.79 Å². The third-order valence-electron chi connectivity index (χ3n) is 12.6. The summed E-state index contributed by atoms with van der Waals surface area (Å²) in [6.07, 6.45) is 12.3. The van der Waals surface area contributed by atoms with Gasteiger partial charge in [-0.25, -0.2) is 0 Å². The molecule has 3 aliphatic rings. The van der Waals surface area contributed by atoms with Crippen molar-refractivity contribution in [2.24, 2.45) is 0 Å². The van der Waals surface area contributed by atoms with Crippen molar-refractivity contribution in [3.05, 3.63) is 72.9 Å². The number of hydrogen-bond acceptors (Lipinski definition) is 18. The number of nitrogens with one attached hydrogen (secondary N) is 1. The molecule has 3 rings (SSSR count). The fourth-order valence-corrected chi connectivity index (χ4v) is 8.30. The Bertz CT molecular complexity index is 1590. The molecule has 1 amide bonds. The molecule has 408 valence electrons. The van der Waals surface area contributed by atoms with Crippen molar-refractivity contribution in [3.8, 4) is 0 Å². The van der Waals surface area contributed by atoms with Gasteiger partial charge in [-0.1, -0.05) is 112 Å². The van der Waals surface area contributed by atoms with Crippen molar-refractivity contribution in [1.82, 2.24) is 5.32 Å². The maximum absolute atomic E-state index is 13.2. The third kappa shape index (κ3) is 21.9. The van der Waals surface area contributed by atoms with Crippen molar-refractivity contribution in [3.63, 3.8) is 0 Å². The Morgan fingerprint density at radius 2 is 1.00 bits per heavy atom. The first-order valence-electron chi connectivity index (χ1n) is 25.7. The molecule has 0 aliphatic carbocycles. The Kier molecular flexibility index (Phi) is 31.9. The Balaban J connectivity index is 1.54. The summed E-state index contributed by atoms with van der Waals surface area (Å²) in [5.74, 6) is -0.309. The van der Waals surface area contributed by atoms with Gasteiger partial charge in [-0.05, 0) is 71.1 Å². The van der Waals surface area contributed by atoms with E-state index in [2.05, 4.69) is 66.9 Å². The molecule has 17 atom stereocenters. The lowest BCUT2D eigenvalue weighted by Gasteiger charge is -2.48. The average Bonchev–Trinajstić information content (AvgIpc) is 3.36. The summed E-state index contributed by atoms with van der Waals surface area (Å²) in [4.78, 5) is 13.2. The Morgan fingerprint density at radius 3 is 1.58 bits per heavy atom. The number of allylic oxidation sites excluding steroid dienone is 11. The Hall–Kier alpha value is -2.77. The largest absolute Gasteiger partial charge is 0.394 e. The monoisotopic (exact) mass is 1010 g/mol. The summed E-state index contributed by atoms with van der Waals surface area (Å²) in [6, 6.07) is -1.00. The maximum atomic E-state index is 13.2. The van der Waals surface area contributed by atoms with Crippen LogP contribution in [-0.4, -0.2) is 193 Å². The van der Waals surface area contributed by atoms with Crippen molar-refractivity contribution in [2.75, 3.05) is 26.4 Å². The molecular formula is C52H87NO18. The highest BCUT2D eigenvalue weighted by Gasteiger charge is 2.53. The molecule has 0 aromatic heterocycles. The zero-order valence-electron chi connectivity index (χ0n) is 41.7. The van der Waals surface area contributed by atoms with E-state index in [0.29, 0.717) is 12.8 Å². The Morgan fingerprint density at radius 1 is 0.535 bits per heavy atom. The van der Waals surface area contributed by atoms with Gasteiger partial charge >= 0.3 is 0 Å². The average molecular weight is 1010 g/mol. The van der Waals surface area contributed by atoms with Crippen LogP contribution in [0.2, 0.25) is 0 Å². The van der Waals surface area contributed by atoms with Crippen LogP contribution in [0, 0.1) is 0 Å². The van der Waals surface area contributed by atoms with Gasteiger partial charge in [0.1, 0.15) is 73.2 Å². The van der Waals surface area contributed by atoms with Crippen molar-refractivity contribution in [2.45, 2.75) is 221 Å². The predicted octanol–water partition coefficient (Wildman–Crippen LogP) is 1.92. The SMILES string of the molecule is C/C=C/CC/C=C/CC/C=C/C(O)C(COC1OC(CO)C(OC2OC(CO)C(OC3OC(CO)C(O)C(O)C3O)C(O)C2O)C(O)C1O)NC(=O)CCCCCCCCC/C=C\C/C=C\C/C=C\CC. The fourth-order valence-electron chi connectivity index (χ4n) is 8.30. The van der Waals surface area contributed by atoms with Crippen LogP contribution >= 0.6 is 0 Å². The predicted molar refractivity (Wildman–Crippen MR) is 263 cm³/mol. The van der Waals surface area contributed by atoms with E-state index in [1.165, 1.54) is 0 Å². The molecule has 0 aromatic carbocycles. The molecule has 0 saturated carbocycles. The highest BCUT2D eigenvalue weighted by molar-refractivity contribution is 5.76. The summed E-state index contributed by atoms with van der Waals surface area (Å²) in [5, 5.41) is 119. The second kappa shape index (κ2) is 36.2. The van der Waals surface area contributed by atoms with Gasteiger partial charge in [0.05, 0.1) is 38.6 Å². The number of rotatable bonds is 34. The summed E-state index contributed by atoms with van der Waals surface area (Å²) >= 11 is 0. The van der Waals surface area contributed by atoms with Crippen LogP contribution in [0.5, 0.6) is 0 Å². The zero-order valence-corrected chi connectivity index (χ0v) is 41.7. The summed E-state index contributed by atoms with van der Waals surface area (Å²) in [7, 11) is 0. The fraction of sp³-hybridized carbons (Fsp3) is 0.750. The van der Waals surface area contributed by atoms with E-state index in [0.717, 1.165) is 83.5 Å². The van der Waals surface area contributed by atoms with E-state index in [4.69, 9.17) is 28.4 Å². The topological polar surface area (TPSA) is 307 Å². The molecule has 3 heterocycles. The lowest BCUT2D eigenvalue weighted by atomic mass is 9.96. The zero-order chi connectivity index (χ0) is 52.0. The van der Waals surface area contributed by atoms with E-state index in [9.17, 15) is 61.0 Å². The lowest BCUT2D eigenvalue weighted by Crippen LogP contribution is -2.66. The van der Waals surface area contributed by atoms with Crippen LogP contribution < -0.4 is 5.32 Å². The van der Waals surface area contributed by atoms with Crippen molar-refractivity contribution >= 4 is 5.91 Å². The number of ether oxygens (including phenoxy) is 6. The second-order valence-electron chi connectivity index (χ2n) is 18.2. The van der Waals surface area contributed by atoms with Gasteiger partial charge in [0.15, 0.2) is 18.9 Å². The highest BCUT2D eigenvalue weighted by Crippen LogP contribution is 2.33. The third-order valence-corrected chi connectivity index (χ3v) is 12.6. The van der Waals surface area contributed by atoms with Gasteiger partial charge in [0.2, 0.25) is 5.91 Å². The van der Waals surface area contributed by atoms with Crippen LogP contribution in [-0.2, 0) is 33.2 Å². The summed E-state index contributed by atoms with van der Waals surface area (Å²) in [5.41, 5.74) is 0. The Labute approximate surface area is 419 Å². The molecule has 12 N–H and O–H groups in total. The molecule has 3 fully saturated rings. The van der Waals surface area contributed by atoms with Crippen LogP contribution in [0.4, 0.5) is 0 Å². The van der Waals surface area contributed by atoms with Gasteiger partial charge in [-0.2, -0.15) is 0 Å². The molecule has 3 saturated heterocycles. The summed E-state index contributed by atoms with van der Waals surface area (Å²) < 4.78 is 34.0. The van der Waals surface area contributed by atoms with Gasteiger partial charge in [0, 0.05) is 6.42 Å². The minimum absolute atomic E-state index is 0.216. The lowest BCUT2D eigenvalue weighted by molar-refractivity contribution is -0.379. The molecule has 0 bridgehead atoms. The maximum Gasteiger partial charge on any atom is 0.220 e. The van der Waals surface area contributed by atoms with Gasteiger partial charge < -0.3 is 89.9 Å². The van der Waals surface area contributed by atoms with E-state index < -0.39 is 124 Å². The number of aliphatic hydroxyl groups is 11. The minimum Gasteiger partial charge on any atom is -0.394 e. The molecule has 19 heteroatoms. The minimum atomic E-state index is -1.98. The summed E-state index contributed by atoms with van der Waals surface area (Å²) in [6.45, 7) is 1.28. The first-order chi connectivity index (χ1) is 34.3. The molecular weight excluding hydrogens is 927 g/mol. The van der Waals surface area contributed by atoms with Crippen LogP contribution in [0.25, 0.3) is 0 Å².